The number of nitrogens with one attached hydrogen (secondary N) is 1. The van der Waals surface area contributed by atoms with E-state index in [9.17, 15) is 8.78 Å². The minimum absolute atomic E-state index is 0.103. The maximum absolute atomic E-state index is 12.8. The molecule has 0 amide bonds. The van der Waals surface area contributed by atoms with E-state index in [1.54, 1.807) is 0 Å². The highest BCUT2D eigenvalue weighted by Crippen LogP contribution is 2.46. The first-order valence-electron chi connectivity index (χ1n) is 4.20. The molecule has 1 saturated heterocycles. The molecule has 2 fully saturated rings. The fourth-order valence-corrected chi connectivity index (χ4v) is 2.43. The zero-order valence-electron chi connectivity index (χ0n) is 6.61. The molecule has 1 nitrogen and oxygen atoms in total. The van der Waals surface area contributed by atoms with Gasteiger partial charge in [0.1, 0.15) is 0 Å². The molecule has 1 N–H and O–H groups in total. The van der Waals surface area contributed by atoms with Crippen molar-refractivity contribution in [1.29, 1.82) is 0 Å². The second kappa shape index (κ2) is 2.16. The number of rotatable bonds is 0. The summed E-state index contributed by atoms with van der Waals surface area (Å²) in [5.41, 5.74) is 0. The van der Waals surface area contributed by atoms with Gasteiger partial charge in [-0.3, -0.25) is 0 Å². The van der Waals surface area contributed by atoms with E-state index in [-0.39, 0.29) is 24.7 Å². The van der Waals surface area contributed by atoms with Crippen LogP contribution >= 0.6 is 0 Å². The first kappa shape index (κ1) is 7.47. The molecule has 0 aromatic carbocycles. The lowest BCUT2D eigenvalue weighted by atomic mass is 9.95. The highest BCUT2D eigenvalue weighted by Gasteiger charge is 2.50. The van der Waals surface area contributed by atoms with Gasteiger partial charge in [0.05, 0.1) is 0 Å². The monoisotopic (exact) mass is 161 g/mol. The van der Waals surface area contributed by atoms with Crippen molar-refractivity contribution in [2.45, 2.75) is 31.7 Å². The van der Waals surface area contributed by atoms with Crippen molar-refractivity contribution in [2.24, 2.45) is 11.8 Å². The maximum Gasteiger partial charge on any atom is 0.248 e. The maximum atomic E-state index is 12.8. The van der Waals surface area contributed by atoms with E-state index in [1.165, 1.54) is 0 Å². The van der Waals surface area contributed by atoms with Gasteiger partial charge in [-0.15, -0.1) is 0 Å². The molecule has 11 heavy (non-hydrogen) atoms. The fourth-order valence-electron chi connectivity index (χ4n) is 2.43. The minimum atomic E-state index is -2.37. The molecule has 1 aliphatic carbocycles. The highest BCUT2D eigenvalue weighted by molar-refractivity contribution is 4.98. The number of hydrogen-bond acceptors (Lipinski definition) is 1. The fraction of sp³-hybridized carbons (Fsp3) is 1.00. The van der Waals surface area contributed by atoms with Crippen molar-refractivity contribution in [3.05, 3.63) is 0 Å². The smallest absolute Gasteiger partial charge is 0.248 e. The summed E-state index contributed by atoms with van der Waals surface area (Å²) >= 11 is 0. The molecule has 1 saturated carbocycles. The van der Waals surface area contributed by atoms with E-state index in [2.05, 4.69) is 5.32 Å². The zero-order valence-corrected chi connectivity index (χ0v) is 6.61. The van der Waals surface area contributed by atoms with Crippen molar-refractivity contribution in [2.75, 3.05) is 6.54 Å². The van der Waals surface area contributed by atoms with Crippen LogP contribution in [0.4, 0.5) is 8.78 Å². The van der Waals surface area contributed by atoms with Crippen LogP contribution in [-0.4, -0.2) is 18.5 Å². The highest BCUT2D eigenvalue weighted by atomic mass is 19.3. The normalized spacial score (nSPS) is 47.7. The topological polar surface area (TPSA) is 12.0 Å². The molecule has 0 aromatic rings. The molecule has 0 bridgehead atoms. The Balaban J connectivity index is 2.10. The van der Waals surface area contributed by atoms with Crippen molar-refractivity contribution in [3.63, 3.8) is 0 Å². The van der Waals surface area contributed by atoms with Crippen molar-refractivity contribution < 1.29 is 8.78 Å². The number of halogens is 2. The largest absolute Gasteiger partial charge is 0.314 e. The summed E-state index contributed by atoms with van der Waals surface area (Å²) in [6.45, 7) is 2.80. The van der Waals surface area contributed by atoms with Crippen LogP contribution in [0, 0.1) is 11.8 Å². The minimum Gasteiger partial charge on any atom is -0.314 e. The molecule has 3 heteroatoms. The SMILES string of the molecule is C[C@H]1NC[C@@H]2CC(F)(F)C[C@@H]21. The van der Waals surface area contributed by atoms with Gasteiger partial charge in [0.15, 0.2) is 0 Å². The van der Waals surface area contributed by atoms with Gasteiger partial charge in [-0.05, 0) is 25.3 Å². The Morgan fingerprint density at radius 2 is 2.09 bits per heavy atom. The molecule has 0 radical (unpaired) electrons. The van der Waals surface area contributed by atoms with Crippen molar-refractivity contribution >= 4 is 0 Å². The Labute approximate surface area is 65.2 Å². The summed E-state index contributed by atoms with van der Waals surface area (Å²) in [4.78, 5) is 0. The summed E-state index contributed by atoms with van der Waals surface area (Å²) < 4.78 is 25.6. The molecule has 64 valence electrons. The molecule has 0 aromatic heterocycles. The van der Waals surface area contributed by atoms with E-state index < -0.39 is 5.92 Å². The summed E-state index contributed by atoms with van der Waals surface area (Å²) in [6.07, 6.45) is 0.209. The summed E-state index contributed by atoms with van der Waals surface area (Å²) in [7, 11) is 0. The Kier molecular flexibility index (Phi) is 1.46. The van der Waals surface area contributed by atoms with Gasteiger partial charge >= 0.3 is 0 Å². The standard InChI is InChI=1S/C8H13F2N/c1-5-7-3-8(9,10)2-6(7)4-11-5/h5-7,11H,2-4H2,1H3/t5-,6+,7-/m1/s1. The van der Waals surface area contributed by atoms with Gasteiger partial charge in [-0.2, -0.15) is 0 Å². The van der Waals surface area contributed by atoms with Gasteiger partial charge in [-0.1, -0.05) is 0 Å². The van der Waals surface area contributed by atoms with Gasteiger partial charge in [0.25, 0.3) is 0 Å². The van der Waals surface area contributed by atoms with Crippen molar-refractivity contribution in [1.82, 2.24) is 5.32 Å². The van der Waals surface area contributed by atoms with Crippen LogP contribution in [0.25, 0.3) is 0 Å². The third kappa shape index (κ3) is 1.15. The Morgan fingerprint density at radius 3 is 2.73 bits per heavy atom. The molecule has 0 unspecified atom stereocenters. The molecule has 3 atom stereocenters. The number of alkyl halides is 2. The second-order valence-corrected chi connectivity index (χ2v) is 3.89. The van der Waals surface area contributed by atoms with E-state index in [0.29, 0.717) is 6.04 Å². The van der Waals surface area contributed by atoms with Crippen LogP contribution in [0.5, 0.6) is 0 Å². The van der Waals surface area contributed by atoms with Gasteiger partial charge in [-0.25, -0.2) is 8.78 Å². The van der Waals surface area contributed by atoms with Crippen LogP contribution in [0.3, 0.4) is 0 Å². The summed E-state index contributed by atoms with van der Waals surface area (Å²) in [6, 6.07) is 0.299. The lowest BCUT2D eigenvalue weighted by Gasteiger charge is -2.13. The predicted molar refractivity (Wildman–Crippen MR) is 38.6 cm³/mol. The molecular formula is C8H13F2N. The Hall–Kier alpha value is -0.180. The van der Waals surface area contributed by atoms with Gasteiger partial charge < -0.3 is 5.32 Å². The quantitative estimate of drug-likeness (QED) is 0.569. The first-order valence-corrected chi connectivity index (χ1v) is 4.20. The third-order valence-corrected chi connectivity index (χ3v) is 3.04. The molecule has 2 rings (SSSR count). The molecule has 1 aliphatic heterocycles. The van der Waals surface area contributed by atoms with Crippen LogP contribution in [-0.2, 0) is 0 Å². The third-order valence-electron chi connectivity index (χ3n) is 3.04. The molecule has 1 heterocycles. The molecular weight excluding hydrogens is 148 g/mol. The van der Waals surface area contributed by atoms with Crippen LogP contribution in [0.1, 0.15) is 19.8 Å². The van der Waals surface area contributed by atoms with Crippen molar-refractivity contribution in [3.8, 4) is 0 Å². The average molecular weight is 161 g/mol. The molecule has 0 spiro atoms. The number of hydrogen-bond donors (Lipinski definition) is 1. The van der Waals surface area contributed by atoms with E-state index in [1.807, 2.05) is 6.92 Å². The molecule has 2 aliphatic rings. The lowest BCUT2D eigenvalue weighted by Crippen LogP contribution is -2.25. The summed E-state index contributed by atoms with van der Waals surface area (Å²) in [5.74, 6) is -1.91. The van der Waals surface area contributed by atoms with Crippen LogP contribution < -0.4 is 5.32 Å². The van der Waals surface area contributed by atoms with E-state index in [4.69, 9.17) is 0 Å². The Morgan fingerprint density at radius 1 is 1.36 bits per heavy atom. The summed E-state index contributed by atoms with van der Waals surface area (Å²) in [5, 5.41) is 3.23. The van der Waals surface area contributed by atoms with Gasteiger partial charge in [0, 0.05) is 18.9 Å². The van der Waals surface area contributed by atoms with E-state index in [0.717, 1.165) is 6.54 Å². The van der Waals surface area contributed by atoms with Crippen LogP contribution in [0.2, 0.25) is 0 Å². The Bertz CT molecular complexity index is 169. The predicted octanol–water partition coefficient (Wildman–Crippen LogP) is 1.64. The van der Waals surface area contributed by atoms with Crippen LogP contribution in [0.15, 0.2) is 0 Å². The number of fused-ring (bicyclic) bond motifs is 1. The van der Waals surface area contributed by atoms with Gasteiger partial charge in [0.2, 0.25) is 5.92 Å². The average Bonchev–Trinajstić information content (AvgIpc) is 2.31. The van der Waals surface area contributed by atoms with E-state index >= 15 is 0 Å². The second-order valence-electron chi connectivity index (χ2n) is 3.89. The zero-order chi connectivity index (χ0) is 8.06. The first-order chi connectivity index (χ1) is 5.08. The lowest BCUT2D eigenvalue weighted by molar-refractivity contribution is -0.000296.